The van der Waals surface area contributed by atoms with Crippen LogP contribution in [0.4, 0.5) is 23.2 Å². The molecule has 15 heavy (non-hydrogen) atoms. The van der Waals surface area contributed by atoms with Gasteiger partial charge in [0.05, 0.1) is 0 Å². The molecule has 0 aliphatic carbocycles. The highest BCUT2D eigenvalue weighted by Gasteiger charge is 2.18. The lowest BCUT2D eigenvalue weighted by Gasteiger charge is -2.08. The van der Waals surface area contributed by atoms with Gasteiger partial charge in [0, 0.05) is 12.6 Å². The highest BCUT2D eigenvalue weighted by atomic mass is 19.2. The van der Waals surface area contributed by atoms with Crippen LogP contribution in [0.25, 0.3) is 0 Å². The third-order valence-electron chi connectivity index (χ3n) is 1.79. The van der Waals surface area contributed by atoms with Crippen LogP contribution < -0.4 is 11.1 Å². The number of nitrogens with one attached hydrogen (secondary N) is 1. The van der Waals surface area contributed by atoms with Crippen molar-refractivity contribution in [3.63, 3.8) is 0 Å². The molecule has 0 heterocycles. The molecule has 2 nitrogen and oxygen atoms in total. The second-order valence-corrected chi connectivity index (χ2v) is 2.91. The Morgan fingerprint density at radius 2 is 1.60 bits per heavy atom. The van der Waals surface area contributed by atoms with Crippen molar-refractivity contribution in [3.05, 3.63) is 29.3 Å². The van der Waals surface area contributed by atoms with Crippen LogP contribution in [0.2, 0.25) is 0 Å². The lowest BCUT2D eigenvalue weighted by Crippen LogP contribution is -2.12. The van der Waals surface area contributed by atoms with Crippen LogP contribution in [0.15, 0.2) is 6.07 Å². The Bertz CT molecular complexity index is 328. The fourth-order valence-corrected chi connectivity index (χ4v) is 1.04. The maximum atomic E-state index is 13.0. The smallest absolute Gasteiger partial charge is 0.185 e. The van der Waals surface area contributed by atoms with Gasteiger partial charge in [0.2, 0.25) is 0 Å². The Morgan fingerprint density at radius 1 is 1.07 bits per heavy atom. The van der Waals surface area contributed by atoms with Crippen LogP contribution in [0.5, 0.6) is 0 Å². The topological polar surface area (TPSA) is 38.0 Å². The molecule has 0 unspecified atom stereocenters. The molecule has 84 valence electrons. The zero-order valence-electron chi connectivity index (χ0n) is 7.79. The maximum absolute atomic E-state index is 13.0. The average molecular weight is 222 g/mol. The predicted molar refractivity (Wildman–Crippen MR) is 48.4 cm³/mol. The summed E-state index contributed by atoms with van der Waals surface area (Å²) in [6.07, 6.45) is 0.441. The SMILES string of the molecule is NCCCNc1c(F)c(F)cc(F)c1F. The molecular weight excluding hydrogens is 212 g/mol. The Kier molecular flexibility index (Phi) is 3.90. The fraction of sp³-hybridized carbons (Fsp3) is 0.333. The molecule has 0 saturated carbocycles. The largest absolute Gasteiger partial charge is 0.380 e. The van der Waals surface area contributed by atoms with Crippen LogP contribution in [-0.4, -0.2) is 13.1 Å². The minimum atomic E-state index is -1.43. The molecular formula is C9H10F4N2. The predicted octanol–water partition coefficient (Wildman–Crippen LogP) is 2.00. The van der Waals surface area contributed by atoms with Gasteiger partial charge in [-0.15, -0.1) is 0 Å². The van der Waals surface area contributed by atoms with Gasteiger partial charge in [-0.1, -0.05) is 0 Å². The molecule has 0 amide bonds. The normalized spacial score (nSPS) is 10.5. The highest BCUT2D eigenvalue weighted by Crippen LogP contribution is 2.23. The molecule has 0 bridgehead atoms. The third-order valence-corrected chi connectivity index (χ3v) is 1.79. The van der Waals surface area contributed by atoms with E-state index >= 15 is 0 Å². The zero-order valence-corrected chi connectivity index (χ0v) is 7.79. The molecule has 1 aromatic carbocycles. The molecule has 0 aliphatic heterocycles. The molecule has 1 rings (SSSR count). The molecule has 3 N–H and O–H groups in total. The molecule has 1 aromatic rings. The van der Waals surface area contributed by atoms with E-state index in [9.17, 15) is 17.6 Å². The van der Waals surface area contributed by atoms with Gasteiger partial charge in [0.25, 0.3) is 0 Å². The van der Waals surface area contributed by atoms with Crippen molar-refractivity contribution in [1.82, 2.24) is 0 Å². The average Bonchev–Trinajstić information content (AvgIpc) is 2.20. The second kappa shape index (κ2) is 4.97. The number of hydrogen-bond donors (Lipinski definition) is 2. The molecule has 0 aromatic heterocycles. The van der Waals surface area contributed by atoms with E-state index in [1.165, 1.54) is 0 Å². The van der Waals surface area contributed by atoms with Crippen molar-refractivity contribution in [2.75, 3.05) is 18.4 Å². The van der Waals surface area contributed by atoms with E-state index in [2.05, 4.69) is 5.32 Å². The van der Waals surface area contributed by atoms with Gasteiger partial charge in [-0.2, -0.15) is 0 Å². The number of halogens is 4. The van der Waals surface area contributed by atoms with E-state index in [4.69, 9.17) is 5.73 Å². The van der Waals surface area contributed by atoms with Crippen molar-refractivity contribution < 1.29 is 17.6 Å². The van der Waals surface area contributed by atoms with Gasteiger partial charge in [0.15, 0.2) is 23.3 Å². The molecule has 0 saturated heterocycles. The van der Waals surface area contributed by atoms with Crippen LogP contribution in [0, 0.1) is 23.3 Å². The van der Waals surface area contributed by atoms with E-state index in [1.807, 2.05) is 0 Å². The van der Waals surface area contributed by atoms with Gasteiger partial charge in [0.1, 0.15) is 5.69 Å². The second-order valence-electron chi connectivity index (χ2n) is 2.91. The summed E-state index contributed by atoms with van der Waals surface area (Å²) in [5.41, 5.74) is 4.36. The summed E-state index contributed by atoms with van der Waals surface area (Å²) >= 11 is 0. The van der Waals surface area contributed by atoms with Crippen LogP contribution in [0.1, 0.15) is 6.42 Å². The molecule has 6 heteroatoms. The van der Waals surface area contributed by atoms with Crippen LogP contribution >= 0.6 is 0 Å². The van der Waals surface area contributed by atoms with E-state index in [1.54, 1.807) is 0 Å². The van der Waals surface area contributed by atoms with Crippen LogP contribution in [-0.2, 0) is 0 Å². The summed E-state index contributed by atoms with van der Waals surface area (Å²) in [6, 6.07) is 0.165. The van der Waals surface area contributed by atoms with Crippen LogP contribution in [0.3, 0.4) is 0 Å². The molecule has 0 atom stereocenters. The molecule has 0 aliphatic rings. The summed E-state index contributed by atoms with van der Waals surface area (Å²) in [5.74, 6) is -5.70. The van der Waals surface area contributed by atoms with Gasteiger partial charge in [-0.05, 0) is 13.0 Å². The number of hydrogen-bond acceptors (Lipinski definition) is 2. The number of nitrogens with two attached hydrogens (primary N) is 1. The Balaban J connectivity index is 2.94. The Labute approximate surface area is 84.1 Å². The van der Waals surface area contributed by atoms with Crippen molar-refractivity contribution in [1.29, 1.82) is 0 Å². The van der Waals surface area contributed by atoms with Gasteiger partial charge >= 0.3 is 0 Å². The van der Waals surface area contributed by atoms with E-state index < -0.39 is 29.0 Å². The first-order chi connectivity index (χ1) is 7.07. The van der Waals surface area contributed by atoms with E-state index in [0.29, 0.717) is 13.0 Å². The van der Waals surface area contributed by atoms with Gasteiger partial charge in [-0.3, -0.25) is 0 Å². The lowest BCUT2D eigenvalue weighted by molar-refractivity contribution is 0.458. The summed E-state index contributed by atoms with van der Waals surface area (Å²) in [6.45, 7) is 0.460. The highest BCUT2D eigenvalue weighted by molar-refractivity contribution is 5.47. The van der Waals surface area contributed by atoms with Crippen molar-refractivity contribution in [3.8, 4) is 0 Å². The fourth-order valence-electron chi connectivity index (χ4n) is 1.04. The first kappa shape index (κ1) is 11.8. The van der Waals surface area contributed by atoms with Crippen molar-refractivity contribution in [2.24, 2.45) is 5.73 Å². The number of rotatable bonds is 4. The summed E-state index contributed by atoms with van der Waals surface area (Å²) in [7, 11) is 0. The first-order valence-electron chi connectivity index (χ1n) is 4.35. The zero-order chi connectivity index (χ0) is 11.4. The van der Waals surface area contributed by atoms with Crippen molar-refractivity contribution in [2.45, 2.75) is 6.42 Å². The third kappa shape index (κ3) is 2.59. The standard InChI is InChI=1S/C9H10F4N2/c10-5-4-6(11)8(13)9(7(5)12)15-3-1-2-14/h4,15H,1-3,14H2. The monoisotopic (exact) mass is 222 g/mol. The molecule has 0 fully saturated rings. The Hall–Kier alpha value is -1.30. The van der Waals surface area contributed by atoms with E-state index in [-0.39, 0.29) is 12.6 Å². The van der Waals surface area contributed by atoms with Gasteiger partial charge in [-0.25, -0.2) is 17.6 Å². The summed E-state index contributed by atoms with van der Waals surface area (Å²) in [5, 5.41) is 2.25. The van der Waals surface area contributed by atoms with Gasteiger partial charge < -0.3 is 11.1 Å². The summed E-state index contributed by atoms with van der Waals surface area (Å²) in [4.78, 5) is 0. The molecule has 0 radical (unpaired) electrons. The first-order valence-corrected chi connectivity index (χ1v) is 4.35. The minimum absolute atomic E-state index is 0.146. The molecule has 0 spiro atoms. The Morgan fingerprint density at radius 3 is 2.07 bits per heavy atom. The number of benzene rings is 1. The lowest BCUT2D eigenvalue weighted by atomic mass is 10.2. The van der Waals surface area contributed by atoms with Crippen molar-refractivity contribution >= 4 is 5.69 Å². The summed E-state index contributed by atoms with van der Waals surface area (Å²) < 4.78 is 51.4. The maximum Gasteiger partial charge on any atom is 0.185 e. The number of anilines is 1. The minimum Gasteiger partial charge on any atom is -0.380 e. The quantitative estimate of drug-likeness (QED) is 0.464. The van der Waals surface area contributed by atoms with E-state index in [0.717, 1.165) is 0 Å².